The van der Waals surface area contributed by atoms with Crippen molar-refractivity contribution in [1.82, 2.24) is 0 Å². The number of aliphatic hydroxyl groups excluding tert-OH is 2. The molecule has 0 aliphatic rings. The van der Waals surface area contributed by atoms with Gasteiger partial charge in [0.05, 0.1) is 26.4 Å². The minimum atomic E-state index is -4.92. The van der Waals surface area contributed by atoms with Gasteiger partial charge in [-0.05, 0) is 96.3 Å². The SMILES string of the molecule is CC/C=C\C/C=C\C/C=C\C/C=C\C/C=C\CCCCCCCCCCCCCCCCCC(=O)OCC(O)COP(=O)(O)OCC(O)COP(=O)(O)OCC(COC(=O)CCCCCCCCC/C=C\C/C=C\C/C=C\CC)OC(=O)CCCCCCCCCCCCC. The Morgan fingerprint density at radius 1 is 0.305 bits per heavy atom. The van der Waals surface area contributed by atoms with Crippen LogP contribution in [0.4, 0.5) is 0 Å². The second-order valence-corrected chi connectivity index (χ2v) is 28.0. The van der Waals surface area contributed by atoms with E-state index in [2.05, 4.69) is 118 Å². The Kier molecular flexibility index (Phi) is 67.7. The van der Waals surface area contributed by atoms with E-state index < -0.39 is 91.5 Å². The smallest absolute Gasteiger partial charge is 0.463 e. The fourth-order valence-electron chi connectivity index (χ4n) is 10.1. The molecule has 0 amide bonds. The van der Waals surface area contributed by atoms with Gasteiger partial charge in [-0.1, -0.05) is 298 Å². The lowest BCUT2D eigenvalue weighted by atomic mass is 10.0. The number of esters is 3. The van der Waals surface area contributed by atoms with Gasteiger partial charge in [0.1, 0.15) is 25.4 Å². The Hall–Kier alpha value is -3.53. The number of phosphoric ester groups is 2. The Morgan fingerprint density at radius 2 is 0.558 bits per heavy atom. The lowest BCUT2D eigenvalue weighted by Gasteiger charge is -2.21. The van der Waals surface area contributed by atoms with Crippen LogP contribution in [-0.4, -0.2) is 95.9 Å². The molecule has 0 aromatic carbocycles. The molecule has 0 aromatic heterocycles. The number of carbonyl (C=O) groups is 3. The first kappa shape index (κ1) is 91.5. The Balaban J connectivity index is 4.37. The van der Waals surface area contributed by atoms with E-state index in [0.29, 0.717) is 19.3 Å². The minimum absolute atomic E-state index is 0.106. The van der Waals surface area contributed by atoms with Crippen LogP contribution in [0.15, 0.2) is 97.2 Å². The summed E-state index contributed by atoms with van der Waals surface area (Å²) < 4.78 is 60.9. The molecule has 5 atom stereocenters. The fraction of sp³-hybridized carbons (Fsp3) is 0.753. The highest BCUT2D eigenvalue weighted by Crippen LogP contribution is 2.45. The first-order valence-corrected chi connectivity index (χ1v) is 40.5. The van der Waals surface area contributed by atoms with Gasteiger partial charge in [-0.2, -0.15) is 0 Å². The largest absolute Gasteiger partial charge is 0.472 e. The van der Waals surface area contributed by atoms with E-state index in [1.165, 1.54) is 116 Å². The van der Waals surface area contributed by atoms with Gasteiger partial charge in [0.2, 0.25) is 0 Å². The van der Waals surface area contributed by atoms with Gasteiger partial charge >= 0.3 is 33.6 Å². The monoisotopic (exact) mass is 1380 g/mol. The average molecular weight is 1380 g/mol. The number of carbonyl (C=O) groups excluding carboxylic acids is 3. The number of aliphatic hydroxyl groups is 2. The van der Waals surface area contributed by atoms with Crippen molar-refractivity contribution < 1.29 is 75.8 Å². The number of hydrogen-bond donors (Lipinski definition) is 4. The van der Waals surface area contributed by atoms with Gasteiger partial charge in [-0.25, -0.2) is 9.13 Å². The normalized spacial score (nSPS) is 14.6. The lowest BCUT2D eigenvalue weighted by molar-refractivity contribution is -0.161. The van der Waals surface area contributed by atoms with Crippen LogP contribution >= 0.6 is 15.6 Å². The first-order chi connectivity index (χ1) is 46.2. The third-order valence-corrected chi connectivity index (χ3v) is 17.7. The summed E-state index contributed by atoms with van der Waals surface area (Å²) in [5, 5.41) is 20.6. The van der Waals surface area contributed by atoms with Crippen molar-refractivity contribution in [2.75, 3.05) is 39.6 Å². The predicted octanol–water partition coefficient (Wildman–Crippen LogP) is 21.4. The number of rotatable bonds is 71. The van der Waals surface area contributed by atoms with Gasteiger partial charge in [0.25, 0.3) is 0 Å². The van der Waals surface area contributed by atoms with Crippen molar-refractivity contribution in [1.29, 1.82) is 0 Å². The summed E-state index contributed by atoms with van der Waals surface area (Å²) in [6, 6.07) is 0. The summed E-state index contributed by atoms with van der Waals surface area (Å²) in [5.41, 5.74) is 0. The summed E-state index contributed by atoms with van der Waals surface area (Å²) in [6.45, 7) is 2.46. The zero-order chi connectivity index (χ0) is 69.5. The maximum Gasteiger partial charge on any atom is 0.472 e. The Morgan fingerprint density at radius 3 is 0.884 bits per heavy atom. The van der Waals surface area contributed by atoms with Crippen molar-refractivity contribution in [3.8, 4) is 0 Å². The van der Waals surface area contributed by atoms with E-state index in [0.717, 1.165) is 141 Å². The first-order valence-electron chi connectivity index (χ1n) is 37.5. The van der Waals surface area contributed by atoms with E-state index in [1.807, 2.05) is 0 Å². The zero-order valence-corrected chi connectivity index (χ0v) is 61.6. The van der Waals surface area contributed by atoms with Crippen LogP contribution in [0, 0.1) is 0 Å². The predicted molar refractivity (Wildman–Crippen MR) is 390 cm³/mol. The van der Waals surface area contributed by atoms with Gasteiger partial charge in [-0.3, -0.25) is 32.5 Å². The number of phosphoric acid groups is 2. The molecule has 5 unspecified atom stereocenters. The van der Waals surface area contributed by atoms with Crippen LogP contribution in [0.1, 0.15) is 316 Å². The molecule has 0 bridgehead atoms. The molecular formula is C77H136O16P2. The molecular weight excluding hydrogens is 1240 g/mol. The molecule has 4 N–H and O–H groups in total. The van der Waals surface area contributed by atoms with Gasteiger partial charge < -0.3 is 34.2 Å². The molecule has 0 saturated heterocycles. The molecule has 0 aromatic rings. The van der Waals surface area contributed by atoms with E-state index in [4.69, 9.17) is 32.3 Å². The molecule has 550 valence electrons. The molecule has 0 fully saturated rings. The lowest BCUT2D eigenvalue weighted by Crippen LogP contribution is -2.30. The summed E-state index contributed by atoms with van der Waals surface area (Å²) in [6.07, 6.45) is 79.1. The van der Waals surface area contributed by atoms with Gasteiger partial charge in [0.15, 0.2) is 6.10 Å². The molecule has 0 aliphatic heterocycles. The molecule has 18 heteroatoms. The Labute approximate surface area is 578 Å². The molecule has 0 rings (SSSR count). The van der Waals surface area contributed by atoms with Crippen molar-refractivity contribution in [2.24, 2.45) is 0 Å². The van der Waals surface area contributed by atoms with E-state index >= 15 is 0 Å². The van der Waals surface area contributed by atoms with E-state index in [1.54, 1.807) is 0 Å². The molecule has 0 heterocycles. The highest BCUT2D eigenvalue weighted by Gasteiger charge is 2.29. The summed E-state index contributed by atoms with van der Waals surface area (Å²) in [7, 11) is -9.77. The van der Waals surface area contributed by atoms with Crippen LogP contribution < -0.4 is 0 Å². The topological polar surface area (TPSA) is 231 Å². The number of ether oxygens (including phenoxy) is 3. The zero-order valence-electron chi connectivity index (χ0n) is 59.8. The van der Waals surface area contributed by atoms with E-state index in [9.17, 15) is 43.5 Å². The second kappa shape index (κ2) is 70.3. The van der Waals surface area contributed by atoms with Crippen LogP contribution in [-0.2, 0) is 55.8 Å². The van der Waals surface area contributed by atoms with Crippen molar-refractivity contribution >= 4 is 33.6 Å². The summed E-state index contributed by atoms with van der Waals surface area (Å²) in [4.78, 5) is 58.4. The minimum Gasteiger partial charge on any atom is -0.463 e. The molecule has 16 nitrogen and oxygen atoms in total. The van der Waals surface area contributed by atoms with Crippen LogP contribution in [0.2, 0.25) is 0 Å². The van der Waals surface area contributed by atoms with Crippen molar-refractivity contribution in [2.45, 2.75) is 334 Å². The Bertz CT molecular complexity index is 2120. The third kappa shape index (κ3) is 71.6. The molecule has 95 heavy (non-hydrogen) atoms. The average Bonchev–Trinajstić information content (AvgIpc) is 1.94. The summed E-state index contributed by atoms with van der Waals surface area (Å²) in [5.74, 6) is -1.58. The van der Waals surface area contributed by atoms with Crippen molar-refractivity contribution in [3.05, 3.63) is 97.2 Å². The number of hydrogen-bond acceptors (Lipinski definition) is 14. The van der Waals surface area contributed by atoms with Crippen molar-refractivity contribution in [3.63, 3.8) is 0 Å². The van der Waals surface area contributed by atoms with Crippen LogP contribution in [0.5, 0.6) is 0 Å². The highest BCUT2D eigenvalue weighted by molar-refractivity contribution is 7.47. The quantitative estimate of drug-likeness (QED) is 0.0146. The second-order valence-electron chi connectivity index (χ2n) is 25.0. The summed E-state index contributed by atoms with van der Waals surface area (Å²) >= 11 is 0. The fourth-order valence-corrected chi connectivity index (χ4v) is 11.7. The molecule has 0 saturated carbocycles. The standard InChI is InChI=1S/C77H136O16P2/c1-4-7-10-13-16-19-22-24-26-28-29-30-31-32-33-34-35-36-37-38-39-40-41-43-45-46-49-51-54-57-60-63-75(80)87-66-72(78)67-89-94(83,84)90-68-73(79)69-91-95(85,86)92-71-74(93-77(82)65-62-59-56-53-48-21-18-15-12-9-6-3)70-88-76(81)64-61-58-55-52-50-47-44-42-27-25-23-20-17-14-11-8-5-2/h7-8,10-11,16-17,19-20,24-27,29-30,32-33,72-74,78-79H,4-6,9,12-15,18,21-23,28,31,34-71H2,1-3H3,(H,83,84)(H,85,86)/b10-7-,11-8-,19-16-,20-17-,26-24-,27-25-,30-29-,33-32-. The molecule has 0 aliphatic carbocycles. The molecule has 0 radical (unpaired) electrons. The maximum absolute atomic E-state index is 12.9. The highest BCUT2D eigenvalue weighted by atomic mass is 31.2. The molecule has 0 spiro atoms. The number of allylic oxidation sites excluding steroid dienone is 16. The third-order valence-electron chi connectivity index (χ3n) is 15.8. The maximum atomic E-state index is 12.9. The van der Waals surface area contributed by atoms with Gasteiger partial charge in [0, 0.05) is 19.3 Å². The van der Waals surface area contributed by atoms with E-state index in [-0.39, 0.29) is 19.3 Å². The van der Waals surface area contributed by atoms with Crippen LogP contribution in [0.3, 0.4) is 0 Å². The van der Waals surface area contributed by atoms with Gasteiger partial charge in [-0.15, -0.1) is 0 Å². The number of unbranched alkanes of at least 4 members (excludes halogenated alkanes) is 32. The van der Waals surface area contributed by atoms with Crippen LogP contribution in [0.25, 0.3) is 0 Å².